The van der Waals surface area contributed by atoms with Gasteiger partial charge in [0, 0.05) is 31.6 Å². The first-order valence-corrected chi connectivity index (χ1v) is 16.5. The minimum atomic E-state index is -5.05. The van der Waals surface area contributed by atoms with E-state index in [0.29, 0.717) is 23.9 Å². The lowest BCUT2D eigenvalue weighted by atomic mass is 9.84. The number of hydroxylamine groups is 2. The van der Waals surface area contributed by atoms with Gasteiger partial charge >= 0.3 is 16.4 Å². The summed E-state index contributed by atoms with van der Waals surface area (Å²) >= 11 is 6.99. The highest BCUT2D eigenvalue weighted by Gasteiger charge is 2.58. The number of aliphatic carboxylic acids is 1. The Morgan fingerprint density at radius 1 is 1.29 bits per heavy atom. The molecule has 0 bridgehead atoms. The van der Waals surface area contributed by atoms with Crippen molar-refractivity contribution >= 4 is 73.8 Å². The van der Waals surface area contributed by atoms with Crippen LogP contribution in [0.2, 0.25) is 4.34 Å². The van der Waals surface area contributed by atoms with Gasteiger partial charge in [-0.05, 0) is 51.4 Å². The van der Waals surface area contributed by atoms with Crippen molar-refractivity contribution in [3.63, 3.8) is 0 Å². The van der Waals surface area contributed by atoms with Crippen molar-refractivity contribution in [1.82, 2.24) is 20.7 Å². The number of oxime groups is 1. The molecule has 1 aromatic heterocycles. The van der Waals surface area contributed by atoms with Crippen molar-refractivity contribution < 1.29 is 46.3 Å². The Morgan fingerprint density at radius 3 is 2.48 bits per heavy atom. The summed E-state index contributed by atoms with van der Waals surface area (Å²) in [5.74, 6) is -3.36. The number of hydrogen-bond donors (Lipinski definition) is 6. The number of anilines is 1. The molecular weight excluding hydrogens is 696 g/mol. The number of ether oxygens (including phenoxy) is 1. The van der Waals surface area contributed by atoms with Crippen molar-refractivity contribution in [2.24, 2.45) is 15.9 Å². The summed E-state index contributed by atoms with van der Waals surface area (Å²) in [6, 6.07) is 5.33. The van der Waals surface area contributed by atoms with Crippen LogP contribution in [-0.4, -0.2) is 102 Å². The van der Waals surface area contributed by atoms with E-state index in [1.165, 1.54) is 13.8 Å². The molecule has 0 saturated carbocycles. The Balaban J connectivity index is 1.81. The van der Waals surface area contributed by atoms with Gasteiger partial charge < -0.3 is 36.8 Å². The molecule has 2 amide bonds. The van der Waals surface area contributed by atoms with E-state index in [4.69, 9.17) is 37.2 Å². The highest BCUT2D eigenvalue weighted by molar-refractivity contribution is 7.80. The van der Waals surface area contributed by atoms with Crippen LogP contribution in [0.5, 0.6) is 5.75 Å². The largest absolute Gasteiger partial charge is 0.489 e. The quantitative estimate of drug-likeness (QED) is 0.0433. The molecule has 1 aliphatic rings. The maximum absolute atomic E-state index is 13.4. The normalized spacial score (nSPS) is 17.9. The van der Waals surface area contributed by atoms with Gasteiger partial charge in [-0.3, -0.25) is 19.1 Å². The Kier molecular flexibility index (Phi) is 12.5. The van der Waals surface area contributed by atoms with Crippen LogP contribution < -0.4 is 26.8 Å². The van der Waals surface area contributed by atoms with E-state index in [-0.39, 0.29) is 15.2 Å². The van der Waals surface area contributed by atoms with Crippen LogP contribution in [0.25, 0.3) is 5.57 Å². The molecule has 2 aromatic rings. The molecule has 1 aromatic carbocycles. The van der Waals surface area contributed by atoms with Crippen molar-refractivity contribution in [2.45, 2.75) is 44.4 Å². The van der Waals surface area contributed by atoms with E-state index in [9.17, 15) is 27.9 Å². The van der Waals surface area contributed by atoms with E-state index in [1.807, 2.05) is 0 Å². The van der Waals surface area contributed by atoms with Crippen molar-refractivity contribution in [2.75, 3.05) is 32.5 Å². The van der Waals surface area contributed by atoms with Gasteiger partial charge in [-0.2, -0.15) is 13.5 Å². The number of carboxylic acid groups (broad SMARTS) is 1. The molecule has 0 spiro atoms. The molecule has 8 N–H and O–H groups in total. The summed E-state index contributed by atoms with van der Waals surface area (Å²) in [5.41, 5.74) is 8.25. The molecule has 3 rings (SSSR count). The van der Waals surface area contributed by atoms with Gasteiger partial charge in [-0.1, -0.05) is 40.2 Å². The number of carbonyl (C=O) groups is 3. The summed E-state index contributed by atoms with van der Waals surface area (Å²) in [7, 11) is -3.41. The first-order valence-electron chi connectivity index (χ1n) is 14.0. The molecule has 1 fully saturated rings. The number of halogens is 1. The Morgan fingerprint density at radius 2 is 1.96 bits per heavy atom. The standard InChI is InChI=1S/C27H35ClN8O10S2/c1-26(2)20(23(38)36(26)46-48(41,42)43)34-22(37)19(18-21(28)47-25(30)33-18)35-45-27(3,24(39)40)14-44-17-8-6-15(7-9-17)16(12-31-4)13-32-11-5-10-29/h6-9,12-13,20,32H,5,10-11,14,29H2,1-4H3,(H2,30,33)(H,34,37)(H,39,40)(H,41,42,43)/b16-13+,31-12+,35-19-. The first kappa shape index (κ1) is 38.1. The average Bonchev–Trinajstić information content (AvgIpc) is 3.35. The summed E-state index contributed by atoms with van der Waals surface area (Å²) in [4.78, 5) is 51.7. The molecule has 2 unspecified atom stereocenters. The van der Waals surface area contributed by atoms with E-state index >= 15 is 0 Å². The maximum atomic E-state index is 13.4. The minimum absolute atomic E-state index is 0.0643. The lowest BCUT2D eigenvalue weighted by Gasteiger charge is -2.50. The van der Waals surface area contributed by atoms with E-state index < -0.39 is 57.7 Å². The molecule has 2 atom stereocenters. The molecule has 0 aliphatic carbocycles. The molecule has 2 heterocycles. The van der Waals surface area contributed by atoms with E-state index in [0.717, 1.165) is 35.8 Å². The van der Waals surface area contributed by atoms with Crippen LogP contribution in [-0.2, 0) is 33.9 Å². The van der Waals surface area contributed by atoms with Crippen LogP contribution in [0.1, 0.15) is 38.4 Å². The summed E-state index contributed by atoms with van der Waals surface area (Å²) in [6.07, 6.45) is 4.25. The molecule has 21 heteroatoms. The van der Waals surface area contributed by atoms with Crippen molar-refractivity contribution in [3.8, 4) is 5.75 Å². The topological polar surface area (TPSA) is 270 Å². The number of aromatic nitrogens is 1. The van der Waals surface area contributed by atoms with Crippen LogP contribution >= 0.6 is 22.9 Å². The lowest BCUT2D eigenvalue weighted by molar-refractivity contribution is -0.218. The first-order chi connectivity index (χ1) is 22.4. The van der Waals surface area contributed by atoms with Crippen LogP contribution in [0.15, 0.2) is 40.6 Å². The van der Waals surface area contributed by atoms with Gasteiger partial charge in [0.1, 0.15) is 28.4 Å². The molecule has 1 saturated heterocycles. The van der Waals surface area contributed by atoms with Gasteiger partial charge in [0.05, 0.1) is 5.54 Å². The number of hydrogen-bond acceptors (Lipinski definition) is 15. The Labute approximate surface area is 284 Å². The maximum Gasteiger partial charge on any atom is 0.418 e. The number of nitrogen functional groups attached to an aromatic ring is 1. The third-order valence-electron chi connectivity index (χ3n) is 6.71. The number of amides is 2. The van der Waals surface area contributed by atoms with Crippen LogP contribution in [0.3, 0.4) is 0 Å². The number of aliphatic imine (C=N–C) groups is 1. The second-order valence-corrected chi connectivity index (χ2v) is 13.5. The highest BCUT2D eigenvalue weighted by Crippen LogP contribution is 2.33. The van der Waals surface area contributed by atoms with Crippen LogP contribution in [0, 0.1) is 0 Å². The van der Waals surface area contributed by atoms with E-state index in [1.54, 1.807) is 43.7 Å². The van der Waals surface area contributed by atoms with Gasteiger partial charge in [-0.15, -0.1) is 4.28 Å². The number of carbonyl (C=O) groups excluding carboxylic acids is 2. The Hall–Kier alpha value is -4.34. The van der Waals surface area contributed by atoms with Gasteiger partial charge in [-0.25, -0.2) is 9.78 Å². The van der Waals surface area contributed by atoms with Crippen molar-refractivity contribution in [3.05, 3.63) is 46.1 Å². The van der Waals surface area contributed by atoms with Gasteiger partial charge in [0.25, 0.3) is 17.4 Å². The predicted octanol–water partition coefficient (Wildman–Crippen LogP) is 0.842. The van der Waals surface area contributed by atoms with Gasteiger partial charge in [0.15, 0.2) is 10.8 Å². The fourth-order valence-corrected chi connectivity index (χ4v) is 5.42. The second-order valence-electron chi connectivity index (χ2n) is 10.8. The fraction of sp³-hybridized carbons (Fsp3) is 0.407. The van der Waals surface area contributed by atoms with Crippen molar-refractivity contribution in [1.29, 1.82) is 0 Å². The minimum Gasteiger partial charge on any atom is -0.489 e. The number of nitrogens with zero attached hydrogens (tertiary/aromatic N) is 4. The molecule has 0 radical (unpaired) electrons. The number of benzene rings is 1. The van der Waals surface area contributed by atoms with E-state index in [2.05, 4.69) is 30.0 Å². The molecule has 262 valence electrons. The van der Waals surface area contributed by atoms with Gasteiger partial charge in [0.2, 0.25) is 0 Å². The zero-order valence-electron chi connectivity index (χ0n) is 26.2. The van der Waals surface area contributed by atoms with Crippen LogP contribution in [0.4, 0.5) is 5.13 Å². The zero-order chi connectivity index (χ0) is 35.9. The fourth-order valence-electron chi connectivity index (χ4n) is 4.03. The number of allylic oxidation sites excluding steroid dienone is 1. The molecule has 18 nitrogen and oxygen atoms in total. The highest BCUT2D eigenvalue weighted by atomic mass is 35.5. The Bertz CT molecular complexity index is 1710. The lowest BCUT2D eigenvalue weighted by Crippen LogP contribution is -2.76. The predicted molar refractivity (Wildman–Crippen MR) is 177 cm³/mol. The number of nitrogens with two attached hydrogens (primary N) is 2. The number of rotatable bonds is 17. The summed E-state index contributed by atoms with van der Waals surface area (Å²) < 4.78 is 41.1. The number of β-lactam (4-membered cyclic amide) rings is 1. The zero-order valence-corrected chi connectivity index (χ0v) is 28.6. The summed E-state index contributed by atoms with van der Waals surface area (Å²) in [5, 5.41) is 19.5. The molecular formula is C27H35ClN8O10S2. The monoisotopic (exact) mass is 730 g/mol. The number of carboxylic acids is 1. The smallest absolute Gasteiger partial charge is 0.418 e. The second kappa shape index (κ2) is 15.7. The third-order valence-corrected chi connectivity index (χ3v) is 8.13. The summed E-state index contributed by atoms with van der Waals surface area (Å²) in [6.45, 7) is 4.48. The number of thiazole rings is 1. The molecule has 48 heavy (non-hydrogen) atoms. The molecule has 1 aliphatic heterocycles. The SMILES string of the molecule is C/N=C/C(=C\NCCCN)c1ccc(OCC(C)(O/N=C(\C(=O)NC2C(=O)N(OS(=O)(=O)O)C2(C)C)c2nc(N)sc2Cl)C(=O)O)cc1. The third kappa shape index (κ3) is 9.39. The number of nitrogens with one attached hydrogen (secondary N) is 2. The average molecular weight is 731 g/mol.